The Labute approximate surface area is 134 Å². The van der Waals surface area contributed by atoms with Crippen LogP contribution in [0.3, 0.4) is 0 Å². The molecule has 0 aliphatic carbocycles. The van der Waals surface area contributed by atoms with Gasteiger partial charge < -0.3 is 10.1 Å². The second-order valence-corrected chi connectivity index (χ2v) is 5.33. The third-order valence-electron chi connectivity index (χ3n) is 3.10. The normalized spacial score (nSPS) is 10.1. The molecule has 0 spiro atoms. The van der Waals surface area contributed by atoms with Gasteiger partial charge in [0.2, 0.25) is 0 Å². The van der Waals surface area contributed by atoms with Crippen molar-refractivity contribution in [2.24, 2.45) is 0 Å². The van der Waals surface area contributed by atoms with Crippen LogP contribution in [0.2, 0.25) is 5.02 Å². The first kappa shape index (κ1) is 16.0. The van der Waals surface area contributed by atoms with E-state index < -0.39 is 11.9 Å². The van der Waals surface area contributed by atoms with Gasteiger partial charge in [0.25, 0.3) is 5.91 Å². The zero-order chi connectivity index (χ0) is 16.1. The molecule has 0 fully saturated rings. The summed E-state index contributed by atoms with van der Waals surface area (Å²) in [6, 6.07) is 12.4. The first-order chi connectivity index (χ1) is 10.5. The Morgan fingerprint density at radius 2 is 1.86 bits per heavy atom. The number of ether oxygens (including phenoxy) is 1. The Hall–Kier alpha value is -2.33. The Morgan fingerprint density at radius 1 is 1.14 bits per heavy atom. The molecule has 4 nitrogen and oxygen atoms in total. The van der Waals surface area contributed by atoms with E-state index >= 15 is 0 Å². The molecule has 0 saturated carbocycles. The average Bonchev–Trinajstić information content (AvgIpc) is 2.49. The summed E-state index contributed by atoms with van der Waals surface area (Å²) in [5, 5.41) is 3.02. The maximum atomic E-state index is 12.0. The number of para-hydroxylation sites is 1. The van der Waals surface area contributed by atoms with Gasteiger partial charge in [-0.1, -0.05) is 41.4 Å². The first-order valence-corrected chi connectivity index (χ1v) is 7.14. The molecule has 5 heteroatoms. The molecule has 1 amide bonds. The van der Waals surface area contributed by atoms with Crippen molar-refractivity contribution < 1.29 is 14.3 Å². The quantitative estimate of drug-likeness (QED) is 0.874. The third kappa shape index (κ3) is 4.09. The van der Waals surface area contributed by atoms with Crippen LogP contribution in [0.4, 0.5) is 5.69 Å². The summed E-state index contributed by atoms with van der Waals surface area (Å²) >= 11 is 5.94. The van der Waals surface area contributed by atoms with Gasteiger partial charge in [0, 0.05) is 0 Å². The van der Waals surface area contributed by atoms with Gasteiger partial charge in [0.1, 0.15) is 0 Å². The molecule has 0 unspecified atom stereocenters. The lowest BCUT2D eigenvalue weighted by Gasteiger charge is -2.09. The fourth-order valence-electron chi connectivity index (χ4n) is 1.91. The fourth-order valence-corrected chi connectivity index (χ4v) is 2.10. The van der Waals surface area contributed by atoms with Crippen molar-refractivity contribution in [3.05, 3.63) is 64.2 Å². The molecule has 0 radical (unpaired) electrons. The van der Waals surface area contributed by atoms with E-state index in [0.717, 1.165) is 11.1 Å². The van der Waals surface area contributed by atoms with Gasteiger partial charge in [-0.15, -0.1) is 0 Å². The second kappa shape index (κ2) is 7.09. The summed E-state index contributed by atoms with van der Waals surface area (Å²) in [6.45, 7) is 3.34. The van der Waals surface area contributed by atoms with E-state index in [1.54, 1.807) is 30.3 Å². The molecule has 0 heterocycles. The van der Waals surface area contributed by atoms with E-state index in [1.807, 2.05) is 26.0 Å². The Bertz CT molecular complexity index is 713. The topological polar surface area (TPSA) is 55.4 Å². The van der Waals surface area contributed by atoms with E-state index in [9.17, 15) is 9.59 Å². The number of carbonyl (C=O) groups excluding carboxylic acids is 2. The Kier molecular flexibility index (Phi) is 5.17. The van der Waals surface area contributed by atoms with Gasteiger partial charge in [0.05, 0.1) is 16.3 Å². The van der Waals surface area contributed by atoms with Crippen molar-refractivity contribution in [1.82, 2.24) is 0 Å². The molecule has 2 aromatic carbocycles. The van der Waals surface area contributed by atoms with E-state index in [1.165, 1.54) is 0 Å². The van der Waals surface area contributed by atoms with Crippen LogP contribution in [0.1, 0.15) is 21.5 Å². The van der Waals surface area contributed by atoms with Crippen LogP contribution in [-0.2, 0) is 9.53 Å². The predicted octanol–water partition coefficient (Wildman–Crippen LogP) is 3.75. The maximum Gasteiger partial charge on any atom is 0.338 e. The SMILES string of the molecule is Cc1ccc(C)c(C(=O)OCC(=O)Nc2ccccc2Cl)c1. The number of nitrogens with one attached hydrogen (secondary N) is 1. The number of rotatable bonds is 4. The number of amides is 1. The summed E-state index contributed by atoms with van der Waals surface area (Å²) in [6.07, 6.45) is 0. The zero-order valence-electron chi connectivity index (χ0n) is 12.4. The largest absolute Gasteiger partial charge is 0.452 e. The summed E-state index contributed by atoms with van der Waals surface area (Å²) in [4.78, 5) is 23.8. The number of anilines is 1. The fraction of sp³-hybridized carbons (Fsp3) is 0.176. The lowest BCUT2D eigenvalue weighted by atomic mass is 10.1. The van der Waals surface area contributed by atoms with E-state index in [4.69, 9.17) is 16.3 Å². The zero-order valence-corrected chi connectivity index (χ0v) is 13.1. The molecule has 1 N–H and O–H groups in total. The van der Waals surface area contributed by atoms with Crippen molar-refractivity contribution in [3.63, 3.8) is 0 Å². The molecule has 2 rings (SSSR count). The van der Waals surface area contributed by atoms with Crippen molar-refractivity contribution in [1.29, 1.82) is 0 Å². The molecular formula is C17H16ClNO3. The molecule has 0 aliphatic rings. The highest BCUT2D eigenvalue weighted by molar-refractivity contribution is 6.33. The number of benzene rings is 2. The van der Waals surface area contributed by atoms with E-state index in [2.05, 4.69) is 5.32 Å². The minimum Gasteiger partial charge on any atom is -0.452 e. The molecule has 0 atom stereocenters. The van der Waals surface area contributed by atoms with Crippen molar-refractivity contribution >= 4 is 29.2 Å². The van der Waals surface area contributed by atoms with Crippen molar-refractivity contribution in [3.8, 4) is 0 Å². The molecule has 2 aromatic rings. The minimum absolute atomic E-state index is 0.364. The van der Waals surface area contributed by atoms with Gasteiger partial charge in [0.15, 0.2) is 6.61 Å². The van der Waals surface area contributed by atoms with Gasteiger partial charge in [-0.3, -0.25) is 4.79 Å². The van der Waals surface area contributed by atoms with Crippen LogP contribution in [0.25, 0.3) is 0 Å². The summed E-state index contributed by atoms with van der Waals surface area (Å²) < 4.78 is 5.04. The lowest BCUT2D eigenvalue weighted by Crippen LogP contribution is -2.21. The number of esters is 1. The highest BCUT2D eigenvalue weighted by Crippen LogP contribution is 2.20. The van der Waals surface area contributed by atoms with Crippen LogP contribution < -0.4 is 5.32 Å². The van der Waals surface area contributed by atoms with E-state index in [-0.39, 0.29) is 6.61 Å². The van der Waals surface area contributed by atoms with Crippen molar-refractivity contribution in [2.45, 2.75) is 13.8 Å². The number of aryl methyl sites for hydroxylation is 2. The van der Waals surface area contributed by atoms with Gasteiger partial charge in [-0.25, -0.2) is 4.79 Å². The standard InChI is InChI=1S/C17H16ClNO3/c1-11-7-8-12(2)13(9-11)17(21)22-10-16(20)19-15-6-4-3-5-14(15)18/h3-9H,10H2,1-2H3,(H,19,20). The van der Waals surface area contributed by atoms with Crippen LogP contribution in [0.15, 0.2) is 42.5 Å². The average molecular weight is 318 g/mol. The summed E-state index contributed by atoms with van der Waals surface area (Å²) in [5.74, 6) is -0.956. The molecule has 0 aromatic heterocycles. The first-order valence-electron chi connectivity index (χ1n) is 6.76. The van der Waals surface area contributed by atoms with Crippen LogP contribution in [-0.4, -0.2) is 18.5 Å². The Balaban J connectivity index is 1.95. The predicted molar refractivity (Wildman–Crippen MR) is 86.3 cm³/mol. The van der Waals surface area contributed by atoms with Crippen molar-refractivity contribution in [2.75, 3.05) is 11.9 Å². The number of hydrogen-bond acceptors (Lipinski definition) is 3. The number of hydrogen-bond donors (Lipinski definition) is 1. The molecule has 114 valence electrons. The number of carbonyl (C=O) groups is 2. The summed E-state index contributed by atoms with van der Waals surface area (Å²) in [5.41, 5.74) is 2.71. The van der Waals surface area contributed by atoms with Gasteiger partial charge in [-0.05, 0) is 37.6 Å². The molecule has 0 saturated heterocycles. The highest BCUT2D eigenvalue weighted by Gasteiger charge is 2.13. The van der Waals surface area contributed by atoms with Crippen LogP contribution in [0, 0.1) is 13.8 Å². The third-order valence-corrected chi connectivity index (χ3v) is 3.42. The number of halogens is 1. The van der Waals surface area contributed by atoms with Gasteiger partial charge >= 0.3 is 5.97 Å². The smallest absolute Gasteiger partial charge is 0.338 e. The van der Waals surface area contributed by atoms with Gasteiger partial charge in [-0.2, -0.15) is 0 Å². The summed E-state index contributed by atoms with van der Waals surface area (Å²) in [7, 11) is 0. The molecule has 0 aliphatic heterocycles. The van der Waals surface area contributed by atoms with Crippen LogP contribution >= 0.6 is 11.6 Å². The molecular weight excluding hydrogens is 302 g/mol. The van der Waals surface area contributed by atoms with E-state index in [0.29, 0.717) is 16.3 Å². The second-order valence-electron chi connectivity index (χ2n) is 4.92. The minimum atomic E-state index is -0.518. The van der Waals surface area contributed by atoms with Crippen LogP contribution in [0.5, 0.6) is 0 Å². The molecule has 22 heavy (non-hydrogen) atoms. The molecule has 0 bridgehead atoms. The highest BCUT2D eigenvalue weighted by atomic mass is 35.5. The lowest BCUT2D eigenvalue weighted by molar-refractivity contribution is -0.119. The monoisotopic (exact) mass is 317 g/mol. The maximum absolute atomic E-state index is 12.0. The Morgan fingerprint density at radius 3 is 2.59 bits per heavy atom.